The Morgan fingerprint density at radius 3 is 2.80 bits per heavy atom. The van der Waals surface area contributed by atoms with Crippen LogP contribution in [0.15, 0.2) is 46.3 Å². The lowest BCUT2D eigenvalue weighted by Gasteiger charge is -2.33. The molecular formula is C17H17N7O. The normalized spacial score (nSPS) is 15.7. The van der Waals surface area contributed by atoms with Gasteiger partial charge in [0.05, 0.1) is 11.9 Å². The zero-order chi connectivity index (χ0) is 17.2. The van der Waals surface area contributed by atoms with Crippen molar-refractivity contribution in [1.29, 1.82) is 0 Å². The van der Waals surface area contributed by atoms with Crippen LogP contribution in [0.3, 0.4) is 0 Å². The molecule has 0 radical (unpaired) electrons. The monoisotopic (exact) mass is 335 g/mol. The Labute approximate surface area is 144 Å². The van der Waals surface area contributed by atoms with Crippen LogP contribution < -0.4 is 10.0 Å². The van der Waals surface area contributed by atoms with Crippen LogP contribution in [-0.2, 0) is 5.41 Å². The van der Waals surface area contributed by atoms with Gasteiger partial charge in [0, 0.05) is 11.0 Å². The standard InChI is InChI=1S/C17H17N7O/c1-17(2,3)15-20-16(21-25-15)23-10-19-14-11-6-4-5-7-12(11)22-9-18-8-13(22)24(14)23/h4-9H,10H2,1-3H3. The minimum absolute atomic E-state index is 0.203. The van der Waals surface area contributed by atoms with Crippen molar-refractivity contribution >= 4 is 17.6 Å². The Kier molecular flexibility index (Phi) is 2.66. The number of nitrogens with zero attached hydrogens (tertiary/aromatic N) is 7. The maximum Gasteiger partial charge on any atom is 0.287 e. The second-order valence-corrected chi connectivity index (χ2v) is 7.12. The van der Waals surface area contributed by atoms with Crippen LogP contribution >= 0.6 is 0 Å². The first-order valence-corrected chi connectivity index (χ1v) is 8.12. The van der Waals surface area contributed by atoms with Gasteiger partial charge in [-0.1, -0.05) is 32.9 Å². The average Bonchev–Trinajstić information content (AvgIpc) is 3.31. The van der Waals surface area contributed by atoms with Gasteiger partial charge in [0.15, 0.2) is 11.7 Å². The first-order valence-electron chi connectivity index (χ1n) is 8.12. The van der Waals surface area contributed by atoms with E-state index in [4.69, 9.17) is 9.52 Å². The van der Waals surface area contributed by atoms with E-state index in [9.17, 15) is 0 Å². The SMILES string of the molecule is CC(C)(C)c1nc(N2CN=C3c4ccccc4-n4cncc4N32)no1. The summed E-state index contributed by atoms with van der Waals surface area (Å²) in [6.45, 7) is 6.56. The van der Waals surface area contributed by atoms with Gasteiger partial charge >= 0.3 is 0 Å². The van der Waals surface area contributed by atoms with Gasteiger partial charge in [-0.05, 0) is 17.3 Å². The smallest absolute Gasteiger partial charge is 0.287 e. The summed E-state index contributed by atoms with van der Waals surface area (Å²) in [4.78, 5) is 13.6. The maximum atomic E-state index is 5.46. The van der Waals surface area contributed by atoms with Crippen LogP contribution in [0.1, 0.15) is 32.2 Å². The number of hydrogen-bond donors (Lipinski definition) is 0. The van der Waals surface area contributed by atoms with Crippen LogP contribution in [0.25, 0.3) is 5.69 Å². The van der Waals surface area contributed by atoms with Gasteiger partial charge in [0.1, 0.15) is 13.0 Å². The molecule has 2 aliphatic rings. The molecule has 0 amide bonds. The lowest BCUT2D eigenvalue weighted by atomic mass is 9.97. The van der Waals surface area contributed by atoms with Crippen LogP contribution in [0.4, 0.5) is 11.8 Å². The third-order valence-corrected chi connectivity index (χ3v) is 4.32. The fourth-order valence-corrected chi connectivity index (χ4v) is 3.09. The van der Waals surface area contributed by atoms with Crippen molar-refractivity contribution in [3.8, 4) is 5.69 Å². The van der Waals surface area contributed by atoms with Crippen LogP contribution in [0.2, 0.25) is 0 Å². The van der Waals surface area contributed by atoms with E-state index in [1.54, 1.807) is 6.33 Å². The summed E-state index contributed by atoms with van der Waals surface area (Å²) >= 11 is 0. The van der Waals surface area contributed by atoms with Gasteiger partial charge < -0.3 is 4.52 Å². The van der Waals surface area contributed by atoms with Crippen molar-refractivity contribution in [2.75, 3.05) is 16.7 Å². The lowest BCUT2D eigenvalue weighted by Crippen LogP contribution is -2.46. The van der Waals surface area contributed by atoms with E-state index in [-0.39, 0.29) is 5.41 Å². The fraction of sp³-hybridized carbons (Fsp3) is 0.294. The van der Waals surface area contributed by atoms with Gasteiger partial charge in [-0.2, -0.15) is 4.98 Å². The molecule has 0 spiro atoms. The zero-order valence-corrected chi connectivity index (χ0v) is 14.2. The summed E-state index contributed by atoms with van der Waals surface area (Å²) in [5.74, 6) is 2.86. The molecule has 0 unspecified atom stereocenters. The fourth-order valence-electron chi connectivity index (χ4n) is 3.09. The van der Waals surface area contributed by atoms with Gasteiger partial charge in [0.25, 0.3) is 5.95 Å². The van der Waals surface area contributed by atoms with Crippen molar-refractivity contribution in [1.82, 2.24) is 19.7 Å². The number of benzene rings is 1. The van der Waals surface area contributed by atoms with E-state index in [0.29, 0.717) is 18.5 Å². The summed E-state index contributed by atoms with van der Waals surface area (Å²) in [6, 6.07) is 8.15. The quantitative estimate of drug-likeness (QED) is 0.680. The molecule has 0 atom stereocenters. The molecule has 25 heavy (non-hydrogen) atoms. The summed E-state index contributed by atoms with van der Waals surface area (Å²) in [5.41, 5.74) is 1.91. The first-order chi connectivity index (χ1) is 12.0. The molecule has 126 valence electrons. The third kappa shape index (κ3) is 1.93. The van der Waals surface area contributed by atoms with E-state index < -0.39 is 0 Å². The summed E-state index contributed by atoms with van der Waals surface area (Å²) in [7, 11) is 0. The van der Waals surface area contributed by atoms with E-state index in [1.165, 1.54) is 0 Å². The summed E-state index contributed by atoms with van der Waals surface area (Å²) < 4.78 is 7.50. The minimum atomic E-state index is -0.203. The molecular weight excluding hydrogens is 318 g/mol. The van der Waals surface area contributed by atoms with Crippen molar-refractivity contribution in [3.05, 3.63) is 48.2 Å². The topological polar surface area (TPSA) is 75.6 Å². The minimum Gasteiger partial charge on any atom is -0.337 e. The summed E-state index contributed by atoms with van der Waals surface area (Å²) in [5, 5.41) is 8.06. The van der Waals surface area contributed by atoms with E-state index in [0.717, 1.165) is 22.9 Å². The molecule has 2 aliphatic heterocycles. The van der Waals surface area contributed by atoms with Gasteiger partial charge in [-0.15, -0.1) is 0 Å². The number of aromatic nitrogens is 4. The van der Waals surface area contributed by atoms with E-state index in [2.05, 4.69) is 27.3 Å². The van der Waals surface area contributed by atoms with Crippen molar-refractivity contribution in [3.63, 3.8) is 0 Å². The number of fused-ring (bicyclic) bond motifs is 6. The molecule has 8 heteroatoms. The third-order valence-electron chi connectivity index (χ3n) is 4.32. The number of anilines is 2. The van der Waals surface area contributed by atoms with Crippen LogP contribution in [-0.4, -0.2) is 32.2 Å². The highest BCUT2D eigenvalue weighted by atomic mass is 16.5. The highest BCUT2D eigenvalue weighted by Gasteiger charge is 2.38. The Hall–Kier alpha value is -3.16. The first kappa shape index (κ1) is 14.2. The number of hydrazine groups is 1. The summed E-state index contributed by atoms with van der Waals surface area (Å²) in [6.07, 6.45) is 3.62. The van der Waals surface area contributed by atoms with E-state index >= 15 is 0 Å². The van der Waals surface area contributed by atoms with Crippen molar-refractivity contribution in [2.45, 2.75) is 26.2 Å². The van der Waals surface area contributed by atoms with Crippen molar-refractivity contribution < 1.29 is 4.52 Å². The Balaban J connectivity index is 1.62. The van der Waals surface area contributed by atoms with Crippen LogP contribution in [0, 0.1) is 0 Å². The molecule has 0 N–H and O–H groups in total. The Morgan fingerprint density at radius 2 is 2.00 bits per heavy atom. The van der Waals surface area contributed by atoms with Gasteiger partial charge in [-0.25, -0.2) is 20.0 Å². The zero-order valence-electron chi connectivity index (χ0n) is 14.2. The second kappa shape index (κ2) is 4.69. The number of para-hydroxylation sites is 1. The largest absolute Gasteiger partial charge is 0.337 e. The second-order valence-electron chi connectivity index (χ2n) is 7.12. The molecule has 0 saturated carbocycles. The number of rotatable bonds is 1. The van der Waals surface area contributed by atoms with E-state index in [1.807, 2.05) is 53.7 Å². The molecule has 1 aromatic carbocycles. The molecule has 4 heterocycles. The molecule has 2 aromatic heterocycles. The molecule has 0 aliphatic carbocycles. The molecule has 0 saturated heterocycles. The van der Waals surface area contributed by atoms with Gasteiger partial charge in [0.2, 0.25) is 5.89 Å². The number of hydrogen-bond acceptors (Lipinski definition) is 7. The van der Waals surface area contributed by atoms with Crippen LogP contribution in [0.5, 0.6) is 0 Å². The van der Waals surface area contributed by atoms with Gasteiger partial charge in [-0.3, -0.25) is 4.57 Å². The molecule has 0 bridgehead atoms. The average molecular weight is 335 g/mol. The number of imidazole rings is 1. The Morgan fingerprint density at radius 1 is 1.16 bits per heavy atom. The molecule has 8 nitrogen and oxygen atoms in total. The Bertz CT molecular complexity index is 994. The predicted molar refractivity (Wildman–Crippen MR) is 92.9 cm³/mol. The molecule has 0 fully saturated rings. The molecule has 5 rings (SSSR count). The highest BCUT2D eigenvalue weighted by Crippen LogP contribution is 2.35. The lowest BCUT2D eigenvalue weighted by molar-refractivity contribution is 0.320. The maximum absolute atomic E-state index is 5.46. The predicted octanol–water partition coefficient (Wildman–Crippen LogP) is 2.51. The number of amidine groups is 1. The highest BCUT2D eigenvalue weighted by molar-refractivity contribution is 6.16. The van der Waals surface area contributed by atoms with Crippen molar-refractivity contribution in [2.24, 2.45) is 4.99 Å². The molecule has 3 aromatic rings. The number of aliphatic imine (C=N–C) groups is 1.